The molecule has 2 fully saturated rings. The highest BCUT2D eigenvalue weighted by atomic mass is 28.4. The minimum Gasteiger partial charge on any atom is -0.412 e. The smallest absolute Gasteiger partial charge is 0.184 e. The highest BCUT2D eigenvalue weighted by molar-refractivity contribution is 6.69. The van der Waals surface area contributed by atoms with Crippen LogP contribution in [0.2, 0.25) is 19.6 Å². The lowest BCUT2D eigenvalue weighted by Gasteiger charge is -2.40. The molecule has 0 amide bonds. The summed E-state index contributed by atoms with van der Waals surface area (Å²) in [7, 11) is -1.73. The topological polar surface area (TPSA) is 35.5 Å². The molecule has 6 atom stereocenters. The van der Waals surface area contributed by atoms with Crippen molar-refractivity contribution in [1.29, 1.82) is 0 Å². The highest BCUT2D eigenvalue weighted by Gasteiger charge is 2.54. The van der Waals surface area contributed by atoms with Crippen LogP contribution in [0.25, 0.3) is 0 Å². The Morgan fingerprint density at radius 2 is 2.00 bits per heavy atom. The molecule has 0 aromatic carbocycles. The van der Waals surface area contributed by atoms with Crippen LogP contribution in [0.3, 0.4) is 0 Å². The molecule has 1 saturated carbocycles. The van der Waals surface area contributed by atoms with Crippen LogP contribution in [-0.2, 0) is 14.0 Å². The molecule has 4 heteroatoms. The minimum absolute atomic E-state index is 0.0116. The lowest BCUT2D eigenvalue weighted by atomic mass is 9.64. The van der Waals surface area contributed by atoms with Gasteiger partial charge in [-0.1, -0.05) is 26.0 Å². The van der Waals surface area contributed by atoms with Crippen LogP contribution < -0.4 is 0 Å². The van der Waals surface area contributed by atoms with Crippen LogP contribution in [0.1, 0.15) is 52.9 Å². The second kappa shape index (κ2) is 8.75. The Hall–Kier alpha value is -0.713. The molecule has 0 aromatic heterocycles. The number of Topliss-reactive ketones (excluding diaryl/α,β-unsaturated/α-hetero) is 1. The number of rotatable bonds is 9. The summed E-state index contributed by atoms with van der Waals surface area (Å²) in [5.41, 5.74) is -0.283. The molecule has 3 nitrogen and oxygen atoms in total. The molecular formula is C23H40O3Si. The van der Waals surface area contributed by atoms with Crippen molar-refractivity contribution in [2.75, 3.05) is 0 Å². The standard InChI is InChI=1S/C23H40O3Si/c1-9-11-14-23(5,26-27(6,7)8)15-20-22-18(24)13-12-17(16(3)4)21(22)19(10-2)25-20/h9-10,16-17,19-22H,1-2,11-15H2,3-8H3/t17-,19+,20-,21+,22-,23+/m1/s1. The van der Waals surface area contributed by atoms with Gasteiger partial charge < -0.3 is 9.16 Å². The van der Waals surface area contributed by atoms with E-state index in [1.54, 1.807) is 0 Å². The van der Waals surface area contributed by atoms with Gasteiger partial charge in [0.15, 0.2) is 8.32 Å². The molecule has 0 bridgehead atoms. The number of fused-ring (bicyclic) bond motifs is 1. The zero-order chi connectivity index (χ0) is 20.4. The van der Waals surface area contributed by atoms with Crippen molar-refractivity contribution in [2.45, 2.75) is 90.3 Å². The molecule has 0 aromatic rings. The zero-order valence-electron chi connectivity index (χ0n) is 18.3. The lowest BCUT2D eigenvalue weighted by molar-refractivity contribution is -0.130. The van der Waals surface area contributed by atoms with E-state index in [0.717, 1.165) is 25.7 Å². The minimum atomic E-state index is -1.73. The molecule has 0 unspecified atom stereocenters. The zero-order valence-corrected chi connectivity index (χ0v) is 19.3. The molecule has 1 saturated heterocycles. The number of carbonyl (C=O) groups is 1. The second-order valence-electron chi connectivity index (χ2n) is 10.1. The molecule has 154 valence electrons. The molecule has 0 spiro atoms. The van der Waals surface area contributed by atoms with Crippen LogP contribution >= 0.6 is 0 Å². The van der Waals surface area contributed by atoms with Crippen LogP contribution in [0.4, 0.5) is 0 Å². The maximum atomic E-state index is 12.9. The molecule has 2 rings (SSSR count). The van der Waals surface area contributed by atoms with Crippen LogP contribution in [-0.4, -0.2) is 31.9 Å². The fraction of sp³-hybridized carbons (Fsp3) is 0.783. The Morgan fingerprint density at radius 3 is 2.52 bits per heavy atom. The largest absolute Gasteiger partial charge is 0.412 e. The van der Waals surface area contributed by atoms with Gasteiger partial charge in [-0.25, -0.2) is 0 Å². The number of hydrogen-bond acceptors (Lipinski definition) is 3. The van der Waals surface area contributed by atoms with E-state index < -0.39 is 8.32 Å². The molecule has 1 aliphatic heterocycles. The Kier molecular flexibility index (Phi) is 7.32. The number of ether oxygens (including phenoxy) is 1. The van der Waals surface area contributed by atoms with E-state index in [4.69, 9.17) is 9.16 Å². The number of hydrogen-bond donors (Lipinski definition) is 0. The summed E-state index contributed by atoms with van der Waals surface area (Å²) in [6.45, 7) is 21.3. The van der Waals surface area contributed by atoms with E-state index in [0.29, 0.717) is 24.0 Å². The monoisotopic (exact) mass is 392 g/mol. The van der Waals surface area contributed by atoms with E-state index >= 15 is 0 Å². The third-order valence-electron chi connectivity index (χ3n) is 6.27. The first-order valence-electron chi connectivity index (χ1n) is 10.6. The van der Waals surface area contributed by atoms with Crippen LogP contribution in [0.15, 0.2) is 25.3 Å². The fourth-order valence-electron chi connectivity index (χ4n) is 5.36. The third kappa shape index (κ3) is 5.42. The first-order valence-corrected chi connectivity index (χ1v) is 14.0. The van der Waals surface area contributed by atoms with Gasteiger partial charge in [0, 0.05) is 24.7 Å². The first-order chi connectivity index (χ1) is 12.5. The highest BCUT2D eigenvalue weighted by Crippen LogP contribution is 2.49. The summed E-state index contributed by atoms with van der Waals surface area (Å²) in [5.74, 6) is 1.72. The van der Waals surface area contributed by atoms with E-state index in [1.807, 2.05) is 12.2 Å². The Bertz CT molecular complexity index is 550. The van der Waals surface area contributed by atoms with Crippen molar-refractivity contribution in [2.24, 2.45) is 23.7 Å². The molecule has 0 N–H and O–H groups in total. The second-order valence-corrected chi connectivity index (χ2v) is 14.5. The van der Waals surface area contributed by atoms with Gasteiger partial charge in [-0.2, -0.15) is 0 Å². The van der Waals surface area contributed by atoms with Crippen molar-refractivity contribution < 1.29 is 14.0 Å². The Morgan fingerprint density at radius 1 is 1.33 bits per heavy atom. The normalized spacial score (nSPS) is 33.6. The summed E-state index contributed by atoms with van der Waals surface area (Å²) in [5, 5.41) is 0. The van der Waals surface area contributed by atoms with Gasteiger partial charge in [0.2, 0.25) is 0 Å². The summed E-state index contributed by atoms with van der Waals surface area (Å²) < 4.78 is 13.1. The lowest BCUT2D eigenvalue weighted by Crippen LogP contribution is -2.46. The van der Waals surface area contributed by atoms with Crippen LogP contribution in [0.5, 0.6) is 0 Å². The van der Waals surface area contributed by atoms with Gasteiger partial charge in [0.1, 0.15) is 5.78 Å². The predicted molar refractivity (Wildman–Crippen MR) is 115 cm³/mol. The fourth-order valence-corrected chi connectivity index (χ4v) is 7.03. The van der Waals surface area contributed by atoms with Crippen molar-refractivity contribution in [1.82, 2.24) is 0 Å². The molecule has 27 heavy (non-hydrogen) atoms. The molecular weight excluding hydrogens is 352 g/mol. The van der Waals surface area contributed by atoms with Crippen molar-refractivity contribution in [3.63, 3.8) is 0 Å². The van der Waals surface area contributed by atoms with Crippen LogP contribution in [0, 0.1) is 23.7 Å². The molecule has 1 aliphatic carbocycles. The SMILES string of the molecule is C=CCC[C@@](C)(C[C@H]1O[C@@H](C=C)[C@H]2[C@@H]1C(=O)CC[C@@H]2C(C)C)O[Si](C)(C)C. The van der Waals surface area contributed by atoms with E-state index in [9.17, 15) is 4.79 Å². The Labute approximate surface area is 167 Å². The number of carbonyl (C=O) groups excluding carboxylic acids is 1. The average Bonchev–Trinajstić information content (AvgIpc) is 2.90. The first kappa shape index (κ1) is 22.6. The van der Waals surface area contributed by atoms with Crippen molar-refractivity contribution in [3.05, 3.63) is 25.3 Å². The summed E-state index contributed by atoms with van der Waals surface area (Å²) in [6.07, 6.45) is 8.05. The molecule has 1 heterocycles. The number of allylic oxidation sites excluding steroid dienone is 1. The predicted octanol–water partition coefficient (Wildman–Crippen LogP) is 5.77. The van der Waals surface area contributed by atoms with Gasteiger partial charge in [-0.3, -0.25) is 4.79 Å². The molecule has 0 radical (unpaired) electrons. The van der Waals surface area contributed by atoms with Gasteiger partial charge in [-0.05, 0) is 57.7 Å². The quantitative estimate of drug-likeness (QED) is 0.369. The van der Waals surface area contributed by atoms with Gasteiger partial charge >= 0.3 is 0 Å². The van der Waals surface area contributed by atoms with Gasteiger partial charge in [0.05, 0.1) is 17.8 Å². The van der Waals surface area contributed by atoms with E-state index in [-0.39, 0.29) is 29.6 Å². The molecule has 2 aliphatic rings. The summed E-state index contributed by atoms with van der Waals surface area (Å²) >= 11 is 0. The third-order valence-corrected chi connectivity index (χ3v) is 7.37. The maximum absolute atomic E-state index is 12.9. The summed E-state index contributed by atoms with van der Waals surface area (Å²) in [4.78, 5) is 12.9. The number of ketones is 1. The van der Waals surface area contributed by atoms with Crippen molar-refractivity contribution in [3.8, 4) is 0 Å². The van der Waals surface area contributed by atoms with Gasteiger partial charge in [-0.15, -0.1) is 13.2 Å². The van der Waals surface area contributed by atoms with E-state index in [1.165, 1.54) is 0 Å². The van der Waals surface area contributed by atoms with Crippen molar-refractivity contribution >= 4 is 14.1 Å². The van der Waals surface area contributed by atoms with E-state index in [2.05, 4.69) is 53.6 Å². The maximum Gasteiger partial charge on any atom is 0.184 e. The Balaban J connectivity index is 2.28. The average molecular weight is 393 g/mol. The van der Waals surface area contributed by atoms with Gasteiger partial charge in [0.25, 0.3) is 0 Å². The summed E-state index contributed by atoms with van der Waals surface area (Å²) in [6, 6.07) is 0.